The number of aliphatic carboxylic acids is 2. The predicted molar refractivity (Wildman–Crippen MR) is 295 cm³/mol. The number of amides is 8. The van der Waals surface area contributed by atoms with E-state index in [1.807, 2.05) is 13.8 Å². The number of carboxylic acid groups (broad SMARTS) is 2. The van der Waals surface area contributed by atoms with Crippen LogP contribution < -0.4 is 88.4 Å². The van der Waals surface area contributed by atoms with Crippen LogP contribution >= 0.6 is 0 Å². The molecule has 0 aromatic carbocycles. The Morgan fingerprint density at radius 2 is 0.750 bits per heavy atom. The van der Waals surface area contributed by atoms with E-state index in [0.717, 1.165) is 0 Å². The number of nitrogens with two attached hydrogens (primary N) is 8. The molecule has 0 saturated carbocycles. The molecule has 458 valence electrons. The molecule has 0 aliphatic carbocycles. The number of aliphatic hydroxyl groups excluding tert-OH is 2. The second-order valence-corrected chi connectivity index (χ2v) is 19.6. The van der Waals surface area contributed by atoms with Crippen LogP contribution in [-0.4, -0.2) is 191 Å². The van der Waals surface area contributed by atoms with Crippen molar-refractivity contribution < 1.29 is 68.4 Å². The van der Waals surface area contributed by atoms with Crippen LogP contribution in [-0.2, 0) is 47.9 Å². The topological polar surface area (TPSA) is 581 Å². The number of nitrogens with one attached hydrogen (secondary N) is 8. The third-order valence-corrected chi connectivity index (χ3v) is 12.1. The molecule has 28 N–H and O–H groups in total. The number of aliphatic imine (C=N–C) groups is 2. The van der Waals surface area contributed by atoms with Gasteiger partial charge in [0.2, 0.25) is 47.3 Å². The van der Waals surface area contributed by atoms with Gasteiger partial charge in [-0.1, -0.05) is 13.8 Å². The van der Waals surface area contributed by atoms with Crippen molar-refractivity contribution in [1.29, 1.82) is 0 Å². The van der Waals surface area contributed by atoms with Gasteiger partial charge in [-0.25, -0.2) is 4.79 Å². The Balaban J connectivity index is 7.10. The first-order chi connectivity index (χ1) is 37.7. The summed E-state index contributed by atoms with van der Waals surface area (Å²) in [5.74, 6) is -10.9. The van der Waals surface area contributed by atoms with Gasteiger partial charge in [-0.2, -0.15) is 0 Å². The molecular formula is C48H92N18O14. The molecule has 0 aromatic heterocycles. The van der Waals surface area contributed by atoms with Gasteiger partial charge < -0.3 is 109 Å². The van der Waals surface area contributed by atoms with Crippen LogP contribution in [0, 0.1) is 5.92 Å². The van der Waals surface area contributed by atoms with Crippen LogP contribution in [0.5, 0.6) is 0 Å². The largest absolute Gasteiger partial charge is 0.481 e. The lowest BCUT2D eigenvalue weighted by atomic mass is 10.0. The van der Waals surface area contributed by atoms with Crippen LogP contribution in [0.25, 0.3) is 0 Å². The maximum absolute atomic E-state index is 14.4. The Hall–Kier alpha value is -7.00. The molecule has 8 amide bonds. The zero-order valence-electron chi connectivity index (χ0n) is 46.3. The van der Waals surface area contributed by atoms with Gasteiger partial charge in [0.15, 0.2) is 11.9 Å². The molecule has 32 nitrogen and oxygen atoms in total. The maximum Gasteiger partial charge on any atom is 0.328 e. The minimum absolute atomic E-state index is 0.000962. The number of guanidine groups is 2. The Labute approximate surface area is 466 Å². The average molecular weight is 1150 g/mol. The summed E-state index contributed by atoms with van der Waals surface area (Å²) in [4.78, 5) is 142. The van der Waals surface area contributed by atoms with E-state index in [-0.39, 0.29) is 115 Å². The van der Waals surface area contributed by atoms with Crippen molar-refractivity contribution >= 4 is 71.1 Å². The molecule has 0 fully saturated rings. The van der Waals surface area contributed by atoms with E-state index in [9.17, 15) is 68.4 Å². The molecule has 10 atom stereocenters. The molecule has 0 aliphatic rings. The molecule has 0 spiro atoms. The smallest absolute Gasteiger partial charge is 0.328 e. The highest BCUT2D eigenvalue weighted by molar-refractivity contribution is 5.98. The minimum atomic E-state index is -1.72. The summed E-state index contributed by atoms with van der Waals surface area (Å²) in [5, 5.41) is 58.9. The van der Waals surface area contributed by atoms with Gasteiger partial charge in [-0.3, -0.25) is 53.1 Å². The third-order valence-electron chi connectivity index (χ3n) is 12.1. The molecule has 0 aromatic rings. The monoisotopic (exact) mass is 1140 g/mol. The van der Waals surface area contributed by atoms with Gasteiger partial charge in [-0.15, -0.1) is 0 Å². The van der Waals surface area contributed by atoms with Gasteiger partial charge in [0, 0.05) is 19.5 Å². The summed E-state index contributed by atoms with van der Waals surface area (Å²) in [6.45, 7) is 4.45. The van der Waals surface area contributed by atoms with Crippen molar-refractivity contribution in [3.05, 3.63) is 0 Å². The lowest BCUT2D eigenvalue weighted by Gasteiger charge is -2.28. The predicted octanol–water partition coefficient (Wildman–Crippen LogP) is -6.95. The van der Waals surface area contributed by atoms with E-state index < -0.39 is 139 Å². The number of hydrogen-bond acceptors (Lipinski definition) is 18. The highest BCUT2D eigenvalue weighted by atomic mass is 16.4. The molecule has 32 heteroatoms. The van der Waals surface area contributed by atoms with Crippen LogP contribution in [0.4, 0.5) is 0 Å². The van der Waals surface area contributed by atoms with Crippen LogP contribution in [0.2, 0.25) is 0 Å². The first kappa shape index (κ1) is 73.0. The molecular weight excluding hydrogens is 1050 g/mol. The van der Waals surface area contributed by atoms with E-state index in [2.05, 4.69) is 52.5 Å². The number of carbonyl (C=O) groups is 10. The van der Waals surface area contributed by atoms with E-state index in [4.69, 9.17) is 45.9 Å². The van der Waals surface area contributed by atoms with Crippen molar-refractivity contribution in [2.75, 3.05) is 39.3 Å². The van der Waals surface area contributed by atoms with Gasteiger partial charge in [0.25, 0.3) is 0 Å². The lowest BCUT2D eigenvalue weighted by Crippen LogP contribution is -2.61. The zero-order chi connectivity index (χ0) is 60.9. The molecule has 0 bridgehead atoms. The van der Waals surface area contributed by atoms with E-state index in [1.165, 1.54) is 6.92 Å². The van der Waals surface area contributed by atoms with Crippen molar-refractivity contribution in [3.8, 4) is 0 Å². The Morgan fingerprint density at radius 1 is 0.438 bits per heavy atom. The third kappa shape index (κ3) is 31.6. The number of nitrogens with zero attached hydrogens (tertiary/aromatic N) is 2. The van der Waals surface area contributed by atoms with Crippen LogP contribution in [0.3, 0.4) is 0 Å². The highest BCUT2D eigenvalue weighted by Gasteiger charge is 2.36. The minimum Gasteiger partial charge on any atom is -0.481 e. The van der Waals surface area contributed by atoms with E-state index in [0.29, 0.717) is 25.7 Å². The number of carboxylic acids is 2. The quantitative estimate of drug-likeness (QED) is 0.0153. The molecule has 0 saturated heterocycles. The molecule has 0 unspecified atom stereocenters. The molecule has 0 aliphatic heterocycles. The Bertz CT molecular complexity index is 2020. The summed E-state index contributed by atoms with van der Waals surface area (Å²) in [6.07, 6.45) is -0.712. The van der Waals surface area contributed by atoms with Gasteiger partial charge in [0.1, 0.15) is 48.3 Å². The van der Waals surface area contributed by atoms with Crippen LogP contribution in [0.15, 0.2) is 9.98 Å². The van der Waals surface area contributed by atoms with E-state index >= 15 is 0 Å². The fraction of sp³-hybridized carbons (Fsp3) is 0.750. The standard InChI is InChI=1S/C48H92N18O14/c1-26(2)24-28(52)38(71)66-37(27(3)68)45(78)64-34(17-18-36(69)70)44(77)61-31(14-6-9-21-51)41(74)62-32(15-10-22-57-47(53)54)42(75)60-29(12-4-7-19-49)39(72)59-30(13-5-8-20-50)40(73)63-33(16-11-23-58-48(55)56)43(76)65-35(25-67)46(79)80/h26-35,37,67-68H,4-25,49-52H2,1-3H3,(H,59,72)(H,60,75)(H,61,77)(H,62,74)(H,63,73)(H,64,78)(H,65,76)(H,66,71)(H,69,70)(H,79,80)(H4,53,54,57)(H4,55,56,58)/t27-,28+,29+,30+,31+,32+,33+,34+,35+,37+/m1/s1. The number of hydrogen-bond donors (Lipinski definition) is 20. The van der Waals surface area contributed by atoms with E-state index in [1.54, 1.807) is 0 Å². The van der Waals surface area contributed by atoms with Gasteiger partial charge >= 0.3 is 11.9 Å². The summed E-state index contributed by atoms with van der Waals surface area (Å²) in [7, 11) is 0. The first-order valence-electron chi connectivity index (χ1n) is 26.9. The SMILES string of the molecule is CC(C)C[C@H](N)C(=O)N[C@H](C(=O)N[C@@H](CCC(=O)O)C(=O)N[C@@H](CCCCN)C(=O)N[C@@H](CCCN=C(N)N)C(=O)N[C@@H](CCCCN)C(=O)N[C@@H](CCCCN)C(=O)N[C@@H](CCCN=C(N)N)C(=O)N[C@@H](CO)C(=O)O)[C@@H](C)O. The van der Waals surface area contributed by atoms with Crippen molar-refractivity contribution in [1.82, 2.24) is 42.5 Å². The lowest BCUT2D eigenvalue weighted by molar-refractivity contribution is -0.143. The zero-order valence-corrected chi connectivity index (χ0v) is 46.3. The first-order valence-corrected chi connectivity index (χ1v) is 26.9. The number of rotatable bonds is 44. The van der Waals surface area contributed by atoms with Crippen molar-refractivity contribution in [2.24, 2.45) is 61.8 Å². The Morgan fingerprint density at radius 3 is 1.02 bits per heavy atom. The number of unbranched alkanes of at least 4 members (excludes halogenated alkanes) is 3. The summed E-state index contributed by atoms with van der Waals surface area (Å²) < 4.78 is 0. The maximum atomic E-state index is 14.4. The fourth-order valence-corrected chi connectivity index (χ4v) is 7.73. The normalized spacial score (nSPS) is 14.8. The molecule has 0 rings (SSSR count). The van der Waals surface area contributed by atoms with Crippen molar-refractivity contribution in [3.63, 3.8) is 0 Å². The molecule has 80 heavy (non-hydrogen) atoms. The number of carbonyl (C=O) groups excluding carboxylic acids is 8. The molecule has 0 heterocycles. The van der Waals surface area contributed by atoms with Crippen LogP contribution in [0.1, 0.15) is 124 Å². The highest BCUT2D eigenvalue weighted by Crippen LogP contribution is 2.12. The second kappa shape index (κ2) is 41.1. The summed E-state index contributed by atoms with van der Waals surface area (Å²) >= 11 is 0. The number of aliphatic hydroxyl groups is 2. The van der Waals surface area contributed by atoms with Crippen molar-refractivity contribution in [2.45, 2.75) is 184 Å². The second-order valence-electron chi connectivity index (χ2n) is 19.6. The van der Waals surface area contributed by atoms with Gasteiger partial charge in [0.05, 0.1) is 18.8 Å². The van der Waals surface area contributed by atoms with Gasteiger partial charge in [-0.05, 0) is 129 Å². The fourth-order valence-electron chi connectivity index (χ4n) is 7.73. The average Bonchev–Trinajstić information content (AvgIpc) is 3.38. The Kier molecular flexibility index (Phi) is 37.5. The summed E-state index contributed by atoms with van der Waals surface area (Å²) in [6, 6.07) is -13.2. The molecule has 0 radical (unpaired) electrons. The summed E-state index contributed by atoms with van der Waals surface area (Å²) in [5.41, 5.74) is 45.1.